The Morgan fingerprint density at radius 1 is 1.08 bits per heavy atom. The largest absolute Gasteiger partial charge is 0.354 e. The minimum atomic E-state index is -0.387. The summed E-state index contributed by atoms with van der Waals surface area (Å²) in [6.45, 7) is 1.35. The number of halogens is 3. The monoisotopic (exact) mass is 382 g/mol. The van der Waals surface area contributed by atoms with Crippen LogP contribution in [0.25, 0.3) is 0 Å². The predicted molar refractivity (Wildman–Crippen MR) is 97.6 cm³/mol. The molecule has 0 aliphatic heterocycles. The molecule has 2 aromatic carbocycles. The van der Waals surface area contributed by atoms with E-state index in [4.69, 9.17) is 23.2 Å². The maximum absolute atomic E-state index is 13.5. The van der Waals surface area contributed by atoms with Gasteiger partial charge in [0.05, 0.1) is 15.7 Å². The Kier molecular flexibility index (Phi) is 6.79. The van der Waals surface area contributed by atoms with Gasteiger partial charge in [0.25, 0.3) is 0 Å². The van der Waals surface area contributed by atoms with Gasteiger partial charge in [0, 0.05) is 13.5 Å². The second kappa shape index (κ2) is 8.83. The Morgan fingerprint density at radius 2 is 1.72 bits per heavy atom. The standard InChI is InChI=1S/C18H17Cl2FN2O2/c1-12(24)23(18-14(19)6-4-7-15(18)20)11-17(25)22-10-9-13-5-2-3-8-16(13)21/h2-8H,9-11H2,1H3,(H,22,25). The highest BCUT2D eigenvalue weighted by Gasteiger charge is 2.20. The van der Waals surface area contributed by atoms with Gasteiger partial charge < -0.3 is 10.2 Å². The van der Waals surface area contributed by atoms with Crippen molar-refractivity contribution in [2.75, 3.05) is 18.0 Å². The molecule has 0 saturated carbocycles. The first kappa shape index (κ1) is 19.2. The Morgan fingerprint density at radius 3 is 2.32 bits per heavy atom. The van der Waals surface area contributed by atoms with Gasteiger partial charge in [-0.1, -0.05) is 47.5 Å². The van der Waals surface area contributed by atoms with Crippen LogP contribution in [0.5, 0.6) is 0 Å². The van der Waals surface area contributed by atoms with Crippen LogP contribution in [-0.4, -0.2) is 24.9 Å². The van der Waals surface area contributed by atoms with Crippen molar-refractivity contribution in [2.24, 2.45) is 0 Å². The second-order valence-corrected chi connectivity index (χ2v) is 6.18. The average molecular weight is 383 g/mol. The molecule has 0 aliphatic rings. The molecule has 0 spiro atoms. The Balaban J connectivity index is 1.99. The number of benzene rings is 2. The number of carbonyl (C=O) groups excluding carboxylic acids is 2. The molecule has 2 rings (SSSR count). The molecular weight excluding hydrogens is 366 g/mol. The third-order valence-electron chi connectivity index (χ3n) is 3.56. The van der Waals surface area contributed by atoms with E-state index in [9.17, 15) is 14.0 Å². The lowest BCUT2D eigenvalue weighted by atomic mass is 10.1. The van der Waals surface area contributed by atoms with Crippen LogP contribution < -0.4 is 10.2 Å². The fraction of sp³-hybridized carbons (Fsp3) is 0.222. The number of hydrogen-bond donors (Lipinski definition) is 1. The number of nitrogens with one attached hydrogen (secondary N) is 1. The van der Waals surface area contributed by atoms with Crippen LogP contribution >= 0.6 is 23.2 Å². The molecule has 0 bridgehead atoms. The van der Waals surface area contributed by atoms with Crippen LogP contribution in [0.3, 0.4) is 0 Å². The zero-order valence-electron chi connectivity index (χ0n) is 13.6. The molecule has 2 aromatic rings. The lowest BCUT2D eigenvalue weighted by Gasteiger charge is -2.23. The normalized spacial score (nSPS) is 10.4. The molecule has 25 heavy (non-hydrogen) atoms. The summed E-state index contributed by atoms with van der Waals surface area (Å²) < 4.78 is 13.5. The third kappa shape index (κ3) is 5.18. The van der Waals surface area contributed by atoms with E-state index >= 15 is 0 Å². The van der Waals surface area contributed by atoms with Crippen molar-refractivity contribution in [2.45, 2.75) is 13.3 Å². The van der Waals surface area contributed by atoms with Gasteiger partial charge in [-0.25, -0.2) is 4.39 Å². The van der Waals surface area contributed by atoms with Crippen molar-refractivity contribution in [3.63, 3.8) is 0 Å². The van der Waals surface area contributed by atoms with Crippen LogP contribution in [0.2, 0.25) is 10.0 Å². The third-order valence-corrected chi connectivity index (χ3v) is 4.17. The number of anilines is 1. The van der Waals surface area contributed by atoms with Gasteiger partial charge in [-0.3, -0.25) is 9.59 Å². The van der Waals surface area contributed by atoms with Crippen LogP contribution in [0.4, 0.5) is 10.1 Å². The summed E-state index contributed by atoms with van der Waals surface area (Å²) in [4.78, 5) is 25.3. The van der Waals surface area contributed by atoms with Gasteiger partial charge in [0.1, 0.15) is 12.4 Å². The highest BCUT2D eigenvalue weighted by Crippen LogP contribution is 2.33. The van der Waals surface area contributed by atoms with Crippen molar-refractivity contribution in [1.29, 1.82) is 0 Å². The first-order valence-corrected chi connectivity index (χ1v) is 8.38. The minimum Gasteiger partial charge on any atom is -0.354 e. The lowest BCUT2D eigenvalue weighted by Crippen LogP contribution is -2.40. The number of carbonyl (C=O) groups is 2. The van der Waals surface area contributed by atoms with Gasteiger partial charge in [0.2, 0.25) is 11.8 Å². The van der Waals surface area contributed by atoms with Gasteiger partial charge >= 0.3 is 0 Å². The van der Waals surface area contributed by atoms with E-state index in [0.29, 0.717) is 17.7 Å². The van der Waals surface area contributed by atoms with E-state index in [1.807, 2.05) is 0 Å². The summed E-state index contributed by atoms with van der Waals surface area (Å²) in [5, 5.41) is 3.23. The quantitative estimate of drug-likeness (QED) is 0.824. The molecular formula is C18H17Cl2FN2O2. The van der Waals surface area contributed by atoms with Crippen molar-refractivity contribution in [3.8, 4) is 0 Å². The van der Waals surface area contributed by atoms with Crippen molar-refractivity contribution in [3.05, 3.63) is 63.9 Å². The fourth-order valence-electron chi connectivity index (χ4n) is 2.33. The topological polar surface area (TPSA) is 49.4 Å². The first-order chi connectivity index (χ1) is 11.9. The minimum absolute atomic E-state index is 0.226. The van der Waals surface area contributed by atoms with Crippen LogP contribution in [0, 0.1) is 5.82 Å². The number of nitrogens with zero attached hydrogens (tertiary/aromatic N) is 1. The van der Waals surface area contributed by atoms with E-state index in [1.54, 1.807) is 36.4 Å². The predicted octanol–water partition coefficient (Wildman–Crippen LogP) is 3.84. The maximum Gasteiger partial charge on any atom is 0.240 e. The number of amides is 2. The summed E-state index contributed by atoms with van der Waals surface area (Å²) in [7, 11) is 0. The zero-order chi connectivity index (χ0) is 18.4. The Labute approximate surface area is 155 Å². The molecule has 0 aliphatic carbocycles. The smallest absolute Gasteiger partial charge is 0.240 e. The molecule has 0 fully saturated rings. The SMILES string of the molecule is CC(=O)N(CC(=O)NCCc1ccccc1F)c1c(Cl)cccc1Cl. The van der Waals surface area contributed by atoms with Crippen molar-refractivity contribution in [1.82, 2.24) is 5.32 Å². The van der Waals surface area contributed by atoms with E-state index in [-0.39, 0.29) is 40.8 Å². The Hall–Kier alpha value is -2.11. The van der Waals surface area contributed by atoms with Crippen LogP contribution in [0.15, 0.2) is 42.5 Å². The average Bonchev–Trinajstić information content (AvgIpc) is 2.55. The molecule has 0 unspecified atom stereocenters. The molecule has 2 amide bonds. The molecule has 0 heterocycles. The number of para-hydroxylation sites is 1. The van der Waals surface area contributed by atoms with E-state index < -0.39 is 0 Å². The molecule has 0 aromatic heterocycles. The number of hydrogen-bond acceptors (Lipinski definition) is 2. The highest BCUT2D eigenvalue weighted by molar-refractivity contribution is 6.40. The number of rotatable bonds is 6. The van der Waals surface area contributed by atoms with Crippen molar-refractivity contribution < 1.29 is 14.0 Å². The van der Waals surface area contributed by atoms with Gasteiger partial charge in [-0.15, -0.1) is 0 Å². The molecule has 7 heteroatoms. The Bertz CT molecular complexity index is 763. The molecule has 0 radical (unpaired) electrons. The van der Waals surface area contributed by atoms with E-state index in [0.717, 1.165) is 0 Å². The van der Waals surface area contributed by atoms with Gasteiger partial charge in [-0.2, -0.15) is 0 Å². The summed E-state index contributed by atoms with van der Waals surface area (Å²) in [5.41, 5.74) is 0.808. The highest BCUT2D eigenvalue weighted by atomic mass is 35.5. The summed E-state index contributed by atoms with van der Waals surface area (Å²) in [6, 6.07) is 11.2. The zero-order valence-corrected chi connectivity index (χ0v) is 15.1. The summed E-state index contributed by atoms with van der Waals surface area (Å²) >= 11 is 12.2. The van der Waals surface area contributed by atoms with E-state index in [2.05, 4.69) is 5.32 Å². The maximum atomic E-state index is 13.5. The van der Waals surface area contributed by atoms with Crippen LogP contribution in [0.1, 0.15) is 12.5 Å². The lowest BCUT2D eigenvalue weighted by molar-refractivity contribution is -0.123. The summed E-state index contributed by atoms with van der Waals surface area (Å²) in [6.07, 6.45) is 0.353. The van der Waals surface area contributed by atoms with E-state index in [1.165, 1.54) is 17.9 Å². The van der Waals surface area contributed by atoms with Crippen molar-refractivity contribution >= 4 is 40.7 Å². The summed E-state index contributed by atoms with van der Waals surface area (Å²) in [5.74, 6) is -1.06. The van der Waals surface area contributed by atoms with Gasteiger partial charge in [-0.05, 0) is 30.2 Å². The first-order valence-electron chi connectivity index (χ1n) is 7.62. The molecule has 0 saturated heterocycles. The molecule has 0 atom stereocenters. The second-order valence-electron chi connectivity index (χ2n) is 5.37. The fourth-order valence-corrected chi connectivity index (χ4v) is 2.93. The molecule has 132 valence electrons. The van der Waals surface area contributed by atoms with Gasteiger partial charge in [0.15, 0.2) is 0 Å². The van der Waals surface area contributed by atoms with Crippen LogP contribution in [-0.2, 0) is 16.0 Å². The molecule has 4 nitrogen and oxygen atoms in total. The molecule has 1 N–H and O–H groups in total.